The van der Waals surface area contributed by atoms with Gasteiger partial charge in [0.15, 0.2) is 0 Å². The molecule has 1 N–H and O–H groups in total. The molecule has 1 heterocycles. The Hall–Kier alpha value is -1.21. The molecule has 0 radical (unpaired) electrons. The van der Waals surface area contributed by atoms with Crippen LogP contribution in [0.2, 0.25) is 0 Å². The predicted octanol–water partition coefficient (Wildman–Crippen LogP) is 1.93. The van der Waals surface area contributed by atoms with E-state index in [-0.39, 0.29) is 4.90 Å². The number of rotatable bonds is 4. The van der Waals surface area contributed by atoms with E-state index in [0.29, 0.717) is 4.31 Å². The molecule has 0 saturated carbocycles. The molecule has 0 amide bonds. The first-order valence-electron chi connectivity index (χ1n) is 6.02. The third-order valence-electron chi connectivity index (χ3n) is 3.12. The van der Waals surface area contributed by atoms with E-state index in [0.717, 1.165) is 30.6 Å². The molecule has 0 bridgehead atoms. The summed E-state index contributed by atoms with van der Waals surface area (Å²) in [5.41, 5.74) is 1.83. The van der Waals surface area contributed by atoms with Gasteiger partial charge in [0.05, 0.1) is 11.4 Å². The van der Waals surface area contributed by atoms with Gasteiger partial charge in [-0.2, -0.15) is 4.31 Å². The van der Waals surface area contributed by atoms with Crippen LogP contribution in [0.4, 0.5) is 14.5 Å². The molecular formula is C12H16F2N2O2S. The number of nitrogens with one attached hydrogen (secondary N) is 1. The summed E-state index contributed by atoms with van der Waals surface area (Å²) in [6.45, 7) is 0.0715. The van der Waals surface area contributed by atoms with Crippen molar-refractivity contribution in [2.24, 2.45) is 0 Å². The Kier molecular flexibility index (Phi) is 4.05. The second kappa shape index (κ2) is 5.42. The number of fused-ring (bicyclic) bond motifs is 1. The van der Waals surface area contributed by atoms with Crippen molar-refractivity contribution in [2.45, 2.75) is 24.2 Å². The van der Waals surface area contributed by atoms with Gasteiger partial charge in [0.2, 0.25) is 10.0 Å². The van der Waals surface area contributed by atoms with Gasteiger partial charge in [0.25, 0.3) is 6.43 Å². The maximum Gasteiger partial charge on any atom is 0.252 e. The number of halogens is 2. The van der Waals surface area contributed by atoms with Crippen molar-refractivity contribution in [1.82, 2.24) is 4.31 Å². The summed E-state index contributed by atoms with van der Waals surface area (Å²) in [6, 6.07) is 4.71. The molecule has 0 spiro atoms. The molecule has 1 aliphatic heterocycles. The SMILES string of the molecule is CN(CC(F)F)S(=O)(=O)c1ccc2c(c1)CCCN2. The Morgan fingerprint density at radius 3 is 2.84 bits per heavy atom. The van der Waals surface area contributed by atoms with Gasteiger partial charge in [0, 0.05) is 19.3 Å². The van der Waals surface area contributed by atoms with Crippen LogP contribution in [0.25, 0.3) is 0 Å². The van der Waals surface area contributed by atoms with Gasteiger partial charge in [0.1, 0.15) is 0 Å². The van der Waals surface area contributed by atoms with E-state index in [2.05, 4.69) is 5.32 Å². The van der Waals surface area contributed by atoms with Crippen molar-refractivity contribution in [1.29, 1.82) is 0 Å². The molecule has 106 valence electrons. The average molecular weight is 290 g/mol. The highest BCUT2D eigenvalue weighted by Crippen LogP contribution is 2.26. The highest BCUT2D eigenvalue weighted by Gasteiger charge is 2.24. The Bertz CT molecular complexity index is 561. The zero-order valence-electron chi connectivity index (χ0n) is 10.6. The lowest BCUT2D eigenvalue weighted by molar-refractivity contribution is 0.126. The molecule has 19 heavy (non-hydrogen) atoms. The van der Waals surface area contributed by atoms with Gasteiger partial charge in [-0.05, 0) is 36.6 Å². The number of nitrogens with zero attached hydrogens (tertiary/aromatic N) is 1. The van der Waals surface area contributed by atoms with Crippen LogP contribution >= 0.6 is 0 Å². The first-order chi connectivity index (χ1) is 8.91. The lowest BCUT2D eigenvalue weighted by atomic mass is 10.0. The fourth-order valence-electron chi connectivity index (χ4n) is 2.08. The van der Waals surface area contributed by atoms with Crippen LogP contribution in [0.1, 0.15) is 12.0 Å². The van der Waals surface area contributed by atoms with Gasteiger partial charge in [-0.3, -0.25) is 0 Å². The van der Waals surface area contributed by atoms with Crippen LogP contribution in [0.5, 0.6) is 0 Å². The van der Waals surface area contributed by atoms with Crippen molar-refractivity contribution in [3.05, 3.63) is 23.8 Å². The van der Waals surface area contributed by atoms with E-state index < -0.39 is 23.0 Å². The molecule has 0 atom stereocenters. The molecule has 1 aromatic rings. The fourth-order valence-corrected chi connectivity index (χ4v) is 3.28. The fraction of sp³-hybridized carbons (Fsp3) is 0.500. The highest BCUT2D eigenvalue weighted by atomic mass is 32.2. The number of alkyl halides is 2. The maximum atomic E-state index is 12.3. The molecule has 0 aliphatic carbocycles. The van der Waals surface area contributed by atoms with E-state index in [9.17, 15) is 17.2 Å². The number of sulfonamides is 1. The zero-order valence-corrected chi connectivity index (χ0v) is 11.4. The number of aryl methyl sites for hydroxylation is 1. The minimum Gasteiger partial charge on any atom is -0.385 e. The first-order valence-corrected chi connectivity index (χ1v) is 7.46. The molecule has 4 nitrogen and oxygen atoms in total. The van der Waals surface area contributed by atoms with Gasteiger partial charge in [-0.25, -0.2) is 17.2 Å². The Labute approximate surface area is 111 Å². The lowest BCUT2D eigenvalue weighted by Crippen LogP contribution is -2.31. The molecule has 7 heteroatoms. The topological polar surface area (TPSA) is 49.4 Å². The highest BCUT2D eigenvalue weighted by molar-refractivity contribution is 7.89. The molecule has 0 aromatic heterocycles. The summed E-state index contributed by atoms with van der Waals surface area (Å²) in [6.07, 6.45) is -0.952. The van der Waals surface area contributed by atoms with Gasteiger partial charge >= 0.3 is 0 Å². The number of hydrogen-bond donors (Lipinski definition) is 1. The van der Waals surface area contributed by atoms with E-state index in [4.69, 9.17) is 0 Å². The summed E-state index contributed by atoms with van der Waals surface area (Å²) in [4.78, 5) is 0.0677. The Morgan fingerprint density at radius 1 is 1.42 bits per heavy atom. The smallest absolute Gasteiger partial charge is 0.252 e. The lowest BCUT2D eigenvalue weighted by Gasteiger charge is -2.21. The summed E-state index contributed by atoms with van der Waals surface area (Å²) in [7, 11) is -2.68. The predicted molar refractivity (Wildman–Crippen MR) is 69.1 cm³/mol. The van der Waals surface area contributed by atoms with E-state index >= 15 is 0 Å². The standard InChI is InChI=1S/C12H16F2N2O2S/c1-16(8-12(13)14)19(17,18)10-4-5-11-9(7-10)3-2-6-15-11/h4-5,7,12,15H,2-3,6,8H2,1H3. The van der Waals surface area contributed by atoms with Crippen LogP contribution in [-0.4, -0.2) is 39.3 Å². The molecule has 1 aromatic carbocycles. The molecule has 0 unspecified atom stereocenters. The van der Waals surface area contributed by atoms with E-state index in [1.54, 1.807) is 12.1 Å². The molecule has 1 aliphatic rings. The van der Waals surface area contributed by atoms with Gasteiger partial charge in [-0.15, -0.1) is 0 Å². The van der Waals surface area contributed by atoms with Crippen LogP contribution in [0.3, 0.4) is 0 Å². The first kappa shape index (κ1) is 14.2. The third kappa shape index (κ3) is 3.03. The largest absolute Gasteiger partial charge is 0.385 e. The second-order valence-electron chi connectivity index (χ2n) is 4.53. The summed E-state index contributed by atoms with van der Waals surface area (Å²) in [5, 5.41) is 3.17. The average Bonchev–Trinajstić information content (AvgIpc) is 2.37. The Morgan fingerprint density at radius 2 is 2.16 bits per heavy atom. The molecular weight excluding hydrogens is 274 g/mol. The summed E-state index contributed by atoms with van der Waals surface area (Å²) >= 11 is 0. The van der Waals surface area contributed by atoms with E-state index in [1.807, 2.05) is 0 Å². The minimum absolute atomic E-state index is 0.0677. The maximum absolute atomic E-state index is 12.3. The summed E-state index contributed by atoms with van der Waals surface area (Å²) < 4.78 is 49.5. The molecule has 0 fully saturated rings. The van der Waals surface area contributed by atoms with Crippen molar-refractivity contribution >= 4 is 15.7 Å². The van der Waals surface area contributed by atoms with Crippen molar-refractivity contribution in [3.63, 3.8) is 0 Å². The quantitative estimate of drug-likeness (QED) is 0.922. The number of hydrogen-bond acceptors (Lipinski definition) is 3. The van der Waals surface area contributed by atoms with Crippen molar-refractivity contribution in [2.75, 3.05) is 25.5 Å². The second-order valence-corrected chi connectivity index (χ2v) is 6.57. The van der Waals surface area contributed by atoms with Gasteiger partial charge in [-0.1, -0.05) is 0 Å². The molecule has 0 saturated heterocycles. The number of benzene rings is 1. The third-order valence-corrected chi connectivity index (χ3v) is 4.94. The van der Waals surface area contributed by atoms with Crippen LogP contribution < -0.4 is 5.32 Å². The zero-order chi connectivity index (χ0) is 14.0. The van der Waals surface area contributed by atoms with Crippen LogP contribution in [-0.2, 0) is 16.4 Å². The van der Waals surface area contributed by atoms with Crippen LogP contribution in [0, 0.1) is 0 Å². The molecule has 2 rings (SSSR count). The Balaban J connectivity index is 2.30. The normalized spacial score (nSPS) is 15.4. The van der Waals surface area contributed by atoms with E-state index in [1.165, 1.54) is 13.1 Å². The monoisotopic (exact) mass is 290 g/mol. The van der Waals surface area contributed by atoms with Crippen LogP contribution in [0.15, 0.2) is 23.1 Å². The number of anilines is 1. The van der Waals surface area contributed by atoms with Crippen molar-refractivity contribution < 1.29 is 17.2 Å². The summed E-state index contributed by atoms with van der Waals surface area (Å²) in [5.74, 6) is 0. The minimum atomic E-state index is -3.84. The van der Waals surface area contributed by atoms with Crippen molar-refractivity contribution in [3.8, 4) is 0 Å². The van der Waals surface area contributed by atoms with Gasteiger partial charge < -0.3 is 5.32 Å².